The number of likely N-dealkylation sites (tertiary alicyclic amines) is 1. The SMILES string of the molecule is CN1CC[C@]2(C)c3cc(O)ccc3C[C@@H]1[C@H]2NCCCNC(=O)OC(C)(C)C. The van der Waals surface area contributed by atoms with E-state index >= 15 is 0 Å². The van der Waals surface area contributed by atoms with Gasteiger partial charge in [-0.05, 0) is 83.4 Å². The van der Waals surface area contributed by atoms with E-state index in [1.54, 1.807) is 6.07 Å². The molecule has 3 rings (SSSR count). The van der Waals surface area contributed by atoms with Crippen LogP contribution in [0.4, 0.5) is 4.79 Å². The van der Waals surface area contributed by atoms with Gasteiger partial charge in [0.1, 0.15) is 11.4 Å². The summed E-state index contributed by atoms with van der Waals surface area (Å²) in [6.45, 7) is 10.4. The van der Waals surface area contributed by atoms with Crippen molar-refractivity contribution in [2.24, 2.45) is 0 Å². The van der Waals surface area contributed by atoms with Crippen molar-refractivity contribution in [2.75, 3.05) is 26.7 Å². The molecule has 28 heavy (non-hydrogen) atoms. The van der Waals surface area contributed by atoms with E-state index in [1.807, 2.05) is 26.8 Å². The van der Waals surface area contributed by atoms with Gasteiger partial charge >= 0.3 is 6.09 Å². The van der Waals surface area contributed by atoms with Gasteiger partial charge in [0.05, 0.1) is 0 Å². The third kappa shape index (κ3) is 4.44. The molecule has 0 saturated carbocycles. The van der Waals surface area contributed by atoms with Gasteiger partial charge in [-0.15, -0.1) is 0 Å². The number of benzene rings is 1. The van der Waals surface area contributed by atoms with Crippen molar-refractivity contribution in [2.45, 2.75) is 70.1 Å². The first-order valence-electron chi connectivity index (χ1n) is 10.3. The van der Waals surface area contributed by atoms with Crippen LogP contribution in [-0.4, -0.2) is 60.5 Å². The van der Waals surface area contributed by atoms with Gasteiger partial charge in [-0.1, -0.05) is 13.0 Å². The number of nitrogens with one attached hydrogen (secondary N) is 2. The molecule has 1 heterocycles. The predicted molar refractivity (Wildman–Crippen MR) is 111 cm³/mol. The van der Waals surface area contributed by atoms with Gasteiger partial charge in [-0.2, -0.15) is 0 Å². The third-order valence-corrected chi connectivity index (χ3v) is 6.15. The zero-order valence-corrected chi connectivity index (χ0v) is 17.8. The smallest absolute Gasteiger partial charge is 0.407 e. The monoisotopic (exact) mass is 389 g/mol. The van der Waals surface area contributed by atoms with Gasteiger partial charge in [0.25, 0.3) is 0 Å². The van der Waals surface area contributed by atoms with Crippen LogP contribution in [0.15, 0.2) is 18.2 Å². The average Bonchev–Trinajstić information content (AvgIpc) is 2.59. The molecule has 1 amide bonds. The molecule has 6 nitrogen and oxygen atoms in total. The summed E-state index contributed by atoms with van der Waals surface area (Å²) in [5.74, 6) is 0.345. The highest BCUT2D eigenvalue weighted by atomic mass is 16.6. The molecule has 156 valence electrons. The highest BCUT2D eigenvalue weighted by Gasteiger charge is 2.49. The van der Waals surface area contributed by atoms with Gasteiger partial charge in [-0.3, -0.25) is 0 Å². The molecule has 3 atom stereocenters. The lowest BCUT2D eigenvalue weighted by atomic mass is 9.61. The predicted octanol–water partition coefficient (Wildman–Crippen LogP) is 2.78. The fraction of sp³-hybridized carbons (Fsp3) is 0.682. The molecule has 0 radical (unpaired) electrons. The van der Waals surface area contributed by atoms with E-state index < -0.39 is 5.60 Å². The van der Waals surface area contributed by atoms with Gasteiger partial charge in [0.2, 0.25) is 0 Å². The van der Waals surface area contributed by atoms with Crippen molar-refractivity contribution in [3.63, 3.8) is 0 Å². The summed E-state index contributed by atoms with van der Waals surface area (Å²) >= 11 is 0. The van der Waals surface area contributed by atoms with Crippen LogP contribution in [0.3, 0.4) is 0 Å². The second-order valence-electron chi connectivity index (χ2n) is 9.48. The Hall–Kier alpha value is -1.79. The fourth-order valence-electron chi connectivity index (χ4n) is 4.70. The van der Waals surface area contributed by atoms with Gasteiger partial charge in [0, 0.05) is 24.0 Å². The molecule has 3 N–H and O–H groups in total. The number of carbonyl (C=O) groups is 1. The van der Waals surface area contributed by atoms with Crippen molar-refractivity contribution < 1.29 is 14.6 Å². The van der Waals surface area contributed by atoms with Crippen LogP contribution in [0, 0.1) is 0 Å². The van der Waals surface area contributed by atoms with E-state index in [9.17, 15) is 9.90 Å². The first-order valence-corrected chi connectivity index (χ1v) is 10.3. The number of nitrogens with zero attached hydrogens (tertiary/aromatic N) is 1. The highest BCUT2D eigenvalue weighted by molar-refractivity contribution is 5.67. The summed E-state index contributed by atoms with van der Waals surface area (Å²) in [5.41, 5.74) is 2.16. The first-order chi connectivity index (χ1) is 13.1. The second-order valence-corrected chi connectivity index (χ2v) is 9.48. The van der Waals surface area contributed by atoms with E-state index in [4.69, 9.17) is 4.74 Å². The number of phenolic OH excluding ortho intramolecular Hbond substituents is 1. The normalized spacial score (nSPS) is 27.2. The molecule has 1 aliphatic heterocycles. The average molecular weight is 390 g/mol. The topological polar surface area (TPSA) is 73.8 Å². The number of phenols is 1. The largest absolute Gasteiger partial charge is 0.508 e. The van der Waals surface area contributed by atoms with E-state index in [2.05, 4.69) is 35.6 Å². The number of fused-ring (bicyclic) bond motifs is 4. The number of alkyl carbamates (subject to hydrolysis) is 1. The van der Waals surface area contributed by atoms with E-state index in [0.29, 0.717) is 24.4 Å². The molecule has 1 aliphatic carbocycles. The number of aromatic hydroxyl groups is 1. The lowest BCUT2D eigenvalue weighted by Gasteiger charge is -2.55. The van der Waals surface area contributed by atoms with Crippen LogP contribution in [-0.2, 0) is 16.6 Å². The maximum atomic E-state index is 11.8. The Labute approximate surface area is 168 Å². The van der Waals surface area contributed by atoms with Crippen molar-refractivity contribution >= 4 is 6.09 Å². The number of piperidine rings is 1. The molecule has 1 aromatic carbocycles. The molecule has 2 bridgehead atoms. The van der Waals surface area contributed by atoms with Crippen molar-refractivity contribution in [3.05, 3.63) is 29.3 Å². The van der Waals surface area contributed by atoms with Crippen molar-refractivity contribution in [1.82, 2.24) is 15.5 Å². The molecule has 0 aromatic heterocycles. The standard InChI is InChI=1S/C22H35N3O3/c1-21(2,3)28-20(27)24-11-6-10-23-19-18-13-15-7-8-16(26)14-17(15)22(19,4)9-12-25(18)5/h7-8,14,18-19,23,26H,6,9-13H2,1-5H3,(H,24,27)/t18-,19-,22-/m1/s1. The number of hydrogen-bond acceptors (Lipinski definition) is 5. The zero-order valence-electron chi connectivity index (χ0n) is 17.8. The number of carbonyl (C=O) groups excluding carboxylic acids is 1. The number of ether oxygens (including phenoxy) is 1. The Morgan fingerprint density at radius 3 is 2.82 bits per heavy atom. The summed E-state index contributed by atoms with van der Waals surface area (Å²) < 4.78 is 5.27. The van der Waals surface area contributed by atoms with Crippen molar-refractivity contribution in [3.8, 4) is 5.75 Å². The minimum atomic E-state index is -0.472. The molecule has 1 aromatic rings. The van der Waals surface area contributed by atoms with Crippen LogP contribution in [0.1, 0.15) is 51.7 Å². The lowest BCUT2D eigenvalue weighted by molar-refractivity contribution is 0.0523. The van der Waals surface area contributed by atoms with Crippen molar-refractivity contribution in [1.29, 1.82) is 0 Å². The zero-order chi connectivity index (χ0) is 20.5. The summed E-state index contributed by atoms with van der Waals surface area (Å²) in [7, 11) is 2.20. The minimum Gasteiger partial charge on any atom is -0.508 e. The molecular weight excluding hydrogens is 354 g/mol. The van der Waals surface area contributed by atoms with Gasteiger partial charge in [-0.25, -0.2) is 4.79 Å². The van der Waals surface area contributed by atoms with Crippen LogP contribution in [0.5, 0.6) is 5.75 Å². The quantitative estimate of drug-likeness (QED) is 0.676. The van der Waals surface area contributed by atoms with Crippen LogP contribution < -0.4 is 10.6 Å². The van der Waals surface area contributed by atoms with E-state index in [0.717, 1.165) is 32.4 Å². The number of likely N-dealkylation sites (N-methyl/N-ethyl adjacent to an activating group) is 1. The highest BCUT2D eigenvalue weighted by Crippen LogP contribution is 2.45. The Morgan fingerprint density at radius 1 is 1.36 bits per heavy atom. The number of amides is 1. The van der Waals surface area contributed by atoms with E-state index in [-0.39, 0.29) is 11.5 Å². The summed E-state index contributed by atoms with van der Waals surface area (Å²) in [4.78, 5) is 14.2. The fourth-order valence-corrected chi connectivity index (χ4v) is 4.70. The second kappa shape index (κ2) is 7.91. The summed E-state index contributed by atoms with van der Waals surface area (Å²) in [6.07, 6.45) is 2.53. The van der Waals surface area contributed by atoms with Gasteiger partial charge < -0.3 is 25.4 Å². The molecular formula is C22H35N3O3. The maximum absolute atomic E-state index is 11.8. The third-order valence-electron chi connectivity index (χ3n) is 6.15. The molecule has 6 heteroatoms. The lowest BCUT2D eigenvalue weighted by Crippen LogP contribution is -2.66. The molecule has 2 aliphatic rings. The first kappa shape index (κ1) is 20.9. The Kier molecular flexibility index (Phi) is 5.92. The molecule has 0 unspecified atom stereocenters. The Balaban J connectivity index is 1.60. The van der Waals surface area contributed by atoms with Crippen LogP contribution >= 0.6 is 0 Å². The van der Waals surface area contributed by atoms with Crippen LogP contribution in [0.2, 0.25) is 0 Å². The maximum Gasteiger partial charge on any atom is 0.407 e. The Morgan fingerprint density at radius 2 is 2.11 bits per heavy atom. The molecule has 0 spiro atoms. The van der Waals surface area contributed by atoms with Gasteiger partial charge in [0.15, 0.2) is 0 Å². The summed E-state index contributed by atoms with van der Waals surface area (Å²) in [5, 5.41) is 16.6. The number of rotatable bonds is 5. The molecule has 1 fully saturated rings. The van der Waals surface area contributed by atoms with E-state index in [1.165, 1.54) is 11.1 Å². The molecule has 1 saturated heterocycles. The summed E-state index contributed by atoms with van der Waals surface area (Å²) in [6, 6.07) is 6.59. The number of hydrogen-bond donors (Lipinski definition) is 3. The Bertz CT molecular complexity index is 715. The van der Waals surface area contributed by atoms with Crippen LogP contribution in [0.25, 0.3) is 0 Å². The minimum absolute atomic E-state index is 0.00208.